The van der Waals surface area contributed by atoms with Gasteiger partial charge in [-0.1, -0.05) is 54.1 Å². The highest BCUT2D eigenvalue weighted by Crippen LogP contribution is 2.25. The lowest BCUT2D eigenvalue weighted by Gasteiger charge is -2.31. The van der Waals surface area contributed by atoms with Gasteiger partial charge >= 0.3 is 0 Å². The Labute approximate surface area is 196 Å². The van der Waals surface area contributed by atoms with Crippen LogP contribution in [0.1, 0.15) is 25.6 Å². The minimum absolute atomic E-state index is 0.0350. The van der Waals surface area contributed by atoms with E-state index in [1.165, 1.54) is 21.8 Å². The lowest BCUT2D eigenvalue weighted by molar-refractivity contribution is -0.898. The first-order valence-electron chi connectivity index (χ1n) is 10.6. The topological polar surface area (TPSA) is 53.9 Å². The van der Waals surface area contributed by atoms with E-state index in [1.54, 1.807) is 24.3 Å². The first-order valence-corrected chi connectivity index (χ1v) is 11.8. The zero-order valence-corrected chi connectivity index (χ0v) is 19.2. The lowest BCUT2D eigenvalue weighted by Crippen LogP contribution is -3.14. The van der Waals surface area contributed by atoms with E-state index in [1.807, 2.05) is 34.5 Å². The second-order valence-electron chi connectivity index (χ2n) is 7.69. The Morgan fingerprint density at radius 3 is 2.56 bits per heavy atom. The highest BCUT2D eigenvalue weighted by molar-refractivity contribution is 7.12. The highest BCUT2D eigenvalue weighted by Gasteiger charge is 2.24. The van der Waals surface area contributed by atoms with Gasteiger partial charge in [0.15, 0.2) is 0 Å². The van der Waals surface area contributed by atoms with E-state index in [2.05, 4.69) is 29.6 Å². The van der Waals surface area contributed by atoms with Gasteiger partial charge in [-0.15, -0.1) is 11.3 Å². The molecule has 1 saturated heterocycles. The molecule has 164 valence electrons. The van der Waals surface area contributed by atoms with Crippen LogP contribution in [0.15, 0.2) is 72.1 Å². The molecule has 0 radical (unpaired) electrons. The highest BCUT2D eigenvalue weighted by atomic mass is 35.5. The first-order chi connectivity index (χ1) is 15.6. The molecule has 0 saturated carbocycles. The summed E-state index contributed by atoms with van der Waals surface area (Å²) in [5.74, 6) is -0.264. The molecule has 32 heavy (non-hydrogen) atoms. The zero-order chi connectivity index (χ0) is 22.3. The number of carbonyl (C=O) groups is 2. The number of hydrogen-bond donors (Lipinski definition) is 2. The molecular weight excluding hydrogens is 442 g/mol. The van der Waals surface area contributed by atoms with Gasteiger partial charge in [0.1, 0.15) is 0 Å². The number of amides is 2. The first kappa shape index (κ1) is 22.3. The fourth-order valence-corrected chi connectivity index (χ4v) is 4.47. The number of anilines is 1. The Hall–Kier alpha value is -2.93. The van der Waals surface area contributed by atoms with Crippen molar-refractivity contribution in [2.75, 3.05) is 38.0 Å². The smallest absolute Gasteiger partial charge is 0.265 e. The number of halogens is 1. The molecule has 0 bridgehead atoms. The Kier molecular flexibility index (Phi) is 7.37. The van der Waals surface area contributed by atoms with Crippen LogP contribution in [-0.2, 0) is 0 Å². The van der Waals surface area contributed by atoms with Crippen LogP contribution in [0, 0.1) is 0 Å². The van der Waals surface area contributed by atoms with Crippen molar-refractivity contribution in [2.45, 2.75) is 0 Å². The normalized spacial score (nSPS) is 14.6. The fourth-order valence-electron chi connectivity index (χ4n) is 3.68. The summed E-state index contributed by atoms with van der Waals surface area (Å²) in [6.07, 6.45) is 4.34. The van der Waals surface area contributed by atoms with Crippen LogP contribution in [0.25, 0.3) is 6.08 Å². The number of thiophene rings is 1. The molecular formula is C25H25ClN3O2S+. The number of nitrogens with zero attached hydrogens (tertiary/aromatic N) is 1. The summed E-state index contributed by atoms with van der Waals surface area (Å²) in [6, 6.07) is 18.9. The second-order valence-corrected chi connectivity index (χ2v) is 9.04. The van der Waals surface area contributed by atoms with Crippen LogP contribution < -0.4 is 10.2 Å². The molecule has 4 rings (SSSR count). The number of quaternary nitrogens is 1. The fraction of sp³-hybridized carbons (Fsp3) is 0.200. The minimum Gasteiger partial charge on any atom is -0.329 e. The van der Waals surface area contributed by atoms with Crippen LogP contribution >= 0.6 is 22.9 Å². The maximum Gasteiger partial charge on any atom is 0.265 e. The Bertz CT molecular complexity index is 1090. The molecule has 2 heterocycles. The van der Waals surface area contributed by atoms with Gasteiger partial charge in [-0.25, -0.2) is 0 Å². The number of piperazine rings is 1. The van der Waals surface area contributed by atoms with Gasteiger partial charge in [0.25, 0.3) is 11.8 Å². The van der Waals surface area contributed by atoms with Crippen molar-refractivity contribution in [3.05, 3.63) is 93.1 Å². The maximum absolute atomic E-state index is 13.0. The summed E-state index contributed by atoms with van der Waals surface area (Å²) in [6.45, 7) is 4.15. The summed E-state index contributed by atoms with van der Waals surface area (Å²) in [4.78, 5) is 29.3. The Balaban J connectivity index is 1.33. The molecule has 1 aromatic heterocycles. The number of nitrogens with one attached hydrogen (secondary N) is 2. The van der Waals surface area contributed by atoms with Gasteiger partial charge < -0.3 is 15.1 Å². The van der Waals surface area contributed by atoms with E-state index in [0.29, 0.717) is 34.2 Å². The molecule has 7 heteroatoms. The molecule has 1 aliphatic heterocycles. The predicted octanol–water partition coefficient (Wildman–Crippen LogP) is 3.71. The van der Waals surface area contributed by atoms with Gasteiger partial charge in [0.05, 0.1) is 48.3 Å². The number of benzene rings is 2. The molecule has 3 aromatic rings. The Morgan fingerprint density at radius 2 is 1.84 bits per heavy atom. The van der Waals surface area contributed by atoms with E-state index < -0.39 is 0 Å². The van der Waals surface area contributed by atoms with Crippen LogP contribution in [0.5, 0.6) is 0 Å². The molecule has 2 N–H and O–H groups in total. The van der Waals surface area contributed by atoms with Gasteiger partial charge in [-0.05, 0) is 41.3 Å². The standard InChI is InChI=1S/C25H24ClN3O2S/c26-21-11-10-20(18-22(21)27-24(30)23-9-5-17-32-23)25(31)29-15-13-28(14-16-29)12-4-8-19-6-2-1-3-7-19/h1-11,17-18H,12-16H2,(H,27,30)/p+1/b8-4+. The largest absolute Gasteiger partial charge is 0.329 e. The predicted molar refractivity (Wildman–Crippen MR) is 131 cm³/mol. The Morgan fingerprint density at radius 1 is 1.06 bits per heavy atom. The van der Waals surface area contributed by atoms with Crippen molar-refractivity contribution >= 4 is 46.5 Å². The minimum atomic E-state index is -0.229. The van der Waals surface area contributed by atoms with Crippen LogP contribution in [-0.4, -0.2) is 49.4 Å². The third-order valence-electron chi connectivity index (χ3n) is 5.48. The van der Waals surface area contributed by atoms with Crippen LogP contribution in [0.4, 0.5) is 5.69 Å². The van der Waals surface area contributed by atoms with Crippen molar-refractivity contribution in [3.63, 3.8) is 0 Å². The van der Waals surface area contributed by atoms with Gasteiger partial charge in [0, 0.05) is 5.56 Å². The quantitative estimate of drug-likeness (QED) is 0.582. The van der Waals surface area contributed by atoms with Crippen molar-refractivity contribution < 1.29 is 14.5 Å². The molecule has 1 aliphatic rings. The van der Waals surface area contributed by atoms with Crippen LogP contribution in [0.3, 0.4) is 0 Å². The van der Waals surface area contributed by atoms with E-state index in [4.69, 9.17) is 11.6 Å². The van der Waals surface area contributed by atoms with E-state index in [-0.39, 0.29) is 11.8 Å². The number of hydrogen-bond acceptors (Lipinski definition) is 3. The summed E-state index contributed by atoms with van der Waals surface area (Å²) in [7, 11) is 0. The molecule has 0 atom stereocenters. The molecule has 1 fully saturated rings. The summed E-state index contributed by atoms with van der Waals surface area (Å²) >= 11 is 7.61. The lowest BCUT2D eigenvalue weighted by atomic mass is 10.1. The third kappa shape index (κ3) is 5.65. The molecule has 2 amide bonds. The van der Waals surface area contributed by atoms with E-state index in [0.717, 1.165) is 19.6 Å². The van der Waals surface area contributed by atoms with Crippen molar-refractivity contribution in [2.24, 2.45) is 0 Å². The average Bonchev–Trinajstić information content (AvgIpc) is 3.36. The number of rotatable bonds is 6. The van der Waals surface area contributed by atoms with Crippen LogP contribution in [0.2, 0.25) is 5.02 Å². The number of carbonyl (C=O) groups excluding carboxylic acids is 2. The SMILES string of the molecule is O=C(Nc1cc(C(=O)N2CC[NH+](C/C=C/c3ccccc3)CC2)ccc1Cl)c1cccs1. The zero-order valence-electron chi connectivity index (χ0n) is 17.6. The molecule has 2 aromatic carbocycles. The van der Waals surface area contributed by atoms with Crippen molar-refractivity contribution in [3.8, 4) is 0 Å². The molecule has 0 aliphatic carbocycles. The van der Waals surface area contributed by atoms with Gasteiger partial charge in [0.2, 0.25) is 0 Å². The summed E-state index contributed by atoms with van der Waals surface area (Å²) in [5, 5.41) is 5.06. The summed E-state index contributed by atoms with van der Waals surface area (Å²) in [5.41, 5.74) is 2.18. The van der Waals surface area contributed by atoms with Crippen molar-refractivity contribution in [1.29, 1.82) is 0 Å². The van der Waals surface area contributed by atoms with Crippen molar-refractivity contribution in [1.82, 2.24) is 4.90 Å². The monoisotopic (exact) mass is 466 g/mol. The second kappa shape index (κ2) is 10.6. The molecule has 5 nitrogen and oxygen atoms in total. The average molecular weight is 467 g/mol. The van der Waals surface area contributed by atoms with E-state index >= 15 is 0 Å². The third-order valence-corrected chi connectivity index (χ3v) is 6.68. The molecule has 0 spiro atoms. The van der Waals surface area contributed by atoms with Gasteiger partial charge in [-0.3, -0.25) is 9.59 Å². The van der Waals surface area contributed by atoms with E-state index in [9.17, 15) is 9.59 Å². The maximum atomic E-state index is 13.0. The summed E-state index contributed by atoms with van der Waals surface area (Å²) < 4.78 is 0. The van der Waals surface area contributed by atoms with Gasteiger partial charge in [-0.2, -0.15) is 0 Å². The molecule has 0 unspecified atom stereocenters.